The number of nitrogens with zero attached hydrogens (tertiary/aromatic N) is 1. The summed E-state index contributed by atoms with van der Waals surface area (Å²) < 4.78 is 5.73. The Morgan fingerprint density at radius 1 is 1.40 bits per heavy atom. The van der Waals surface area contributed by atoms with Crippen LogP contribution in [-0.4, -0.2) is 22.3 Å². The third-order valence-corrected chi connectivity index (χ3v) is 3.71. The van der Waals surface area contributed by atoms with Gasteiger partial charge >= 0.3 is 0 Å². The molecule has 0 saturated heterocycles. The molecule has 1 aromatic heterocycles. The fourth-order valence-corrected chi connectivity index (χ4v) is 2.39. The lowest BCUT2D eigenvalue weighted by Gasteiger charge is -2.10. The number of hydrogen-bond acceptors (Lipinski definition) is 5. The predicted molar refractivity (Wildman–Crippen MR) is 81.4 cm³/mol. The van der Waals surface area contributed by atoms with Gasteiger partial charge in [0.15, 0.2) is 5.16 Å². The molecule has 106 valence electrons. The number of rotatable bonds is 5. The van der Waals surface area contributed by atoms with Crippen LogP contribution in [0.5, 0.6) is 5.75 Å². The van der Waals surface area contributed by atoms with Gasteiger partial charge in [0.2, 0.25) is 0 Å². The quantitative estimate of drug-likeness (QED) is 0.501. The molecule has 0 amide bonds. The third-order valence-electron chi connectivity index (χ3n) is 2.87. The van der Waals surface area contributed by atoms with Crippen LogP contribution in [0.3, 0.4) is 0 Å². The molecule has 0 saturated carbocycles. The molecule has 0 radical (unpaired) electrons. The number of aryl methyl sites for hydroxylation is 1. The zero-order valence-electron chi connectivity index (χ0n) is 11.5. The SMILES string of the molecule is Cc1cccc(OCCSc2nc(N)cc(=O)[nH]2)c1C. The highest BCUT2D eigenvalue weighted by Crippen LogP contribution is 2.21. The molecule has 2 aromatic rings. The maximum Gasteiger partial charge on any atom is 0.253 e. The summed E-state index contributed by atoms with van der Waals surface area (Å²) in [7, 11) is 0. The van der Waals surface area contributed by atoms with E-state index in [1.165, 1.54) is 23.4 Å². The van der Waals surface area contributed by atoms with E-state index in [0.29, 0.717) is 17.5 Å². The molecule has 20 heavy (non-hydrogen) atoms. The van der Waals surface area contributed by atoms with Gasteiger partial charge < -0.3 is 15.5 Å². The van der Waals surface area contributed by atoms with Crippen molar-refractivity contribution < 1.29 is 4.74 Å². The summed E-state index contributed by atoms with van der Waals surface area (Å²) in [5.74, 6) is 1.80. The summed E-state index contributed by atoms with van der Waals surface area (Å²) >= 11 is 1.41. The van der Waals surface area contributed by atoms with Crippen molar-refractivity contribution in [3.8, 4) is 5.75 Å². The monoisotopic (exact) mass is 291 g/mol. The minimum absolute atomic E-state index is 0.228. The number of ether oxygens (including phenoxy) is 1. The normalized spacial score (nSPS) is 10.5. The van der Waals surface area contributed by atoms with Crippen LogP contribution in [-0.2, 0) is 0 Å². The molecule has 6 heteroatoms. The first-order chi connectivity index (χ1) is 9.56. The number of nitrogen functional groups attached to an aromatic ring is 1. The molecule has 0 unspecified atom stereocenters. The largest absolute Gasteiger partial charge is 0.492 e. The average molecular weight is 291 g/mol. The summed E-state index contributed by atoms with van der Waals surface area (Å²) in [6.07, 6.45) is 0. The van der Waals surface area contributed by atoms with Crippen LogP contribution in [0.15, 0.2) is 34.2 Å². The Kier molecular flexibility index (Phi) is 4.68. The van der Waals surface area contributed by atoms with Crippen molar-refractivity contribution in [2.24, 2.45) is 0 Å². The van der Waals surface area contributed by atoms with E-state index >= 15 is 0 Å². The van der Waals surface area contributed by atoms with Crippen LogP contribution < -0.4 is 16.0 Å². The van der Waals surface area contributed by atoms with Gasteiger partial charge in [0.25, 0.3) is 5.56 Å². The second-order valence-corrected chi connectivity index (χ2v) is 5.45. The van der Waals surface area contributed by atoms with Gasteiger partial charge in [0.05, 0.1) is 6.61 Å². The number of nitrogens with two attached hydrogens (primary N) is 1. The summed E-state index contributed by atoms with van der Waals surface area (Å²) in [6.45, 7) is 4.63. The lowest BCUT2D eigenvalue weighted by Crippen LogP contribution is -2.10. The van der Waals surface area contributed by atoms with E-state index in [9.17, 15) is 4.79 Å². The van der Waals surface area contributed by atoms with Crippen LogP contribution in [0.1, 0.15) is 11.1 Å². The Hall–Kier alpha value is -1.95. The summed E-state index contributed by atoms with van der Waals surface area (Å²) in [5, 5.41) is 0.513. The smallest absolute Gasteiger partial charge is 0.253 e. The maximum absolute atomic E-state index is 11.2. The van der Waals surface area contributed by atoms with Crippen molar-refractivity contribution in [2.45, 2.75) is 19.0 Å². The highest BCUT2D eigenvalue weighted by atomic mass is 32.2. The van der Waals surface area contributed by atoms with Crippen LogP contribution >= 0.6 is 11.8 Å². The summed E-state index contributed by atoms with van der Waals surface area (Å²) in [4.78, 5) is 17.9. The fourth-order valence-electron chi connectivity index (χ4n) is 1.69. The molecule has 5 nitrogen and oxygen atoms in total. The van der Waals surface area contributed by atoms with E-state index in [4.69, 9.17) is 10.5 Å². The zero-order valence-corrected chi connectivity index (χ0v) is 12.3. The van der Waals surface area contributed by atoms with Crippen molar-refractivity contribution in [1.82, 2.24) is 9.97 Å². The minimum atomic E-state index is -0.240. The molecule has 0 spiro atoms. The number of aromatic nitrogens is 2. The van der Waals surface area contributed by atoms with Gasteiger partial charge in [0.1, 0.15) is 11.6 Å². The summed E-state index contributed by atoms with van der Waals surface area (Å²) in [6, 6.07) is 7.24. The Balaban J connectivity index is 1.87. The van der Waals surface area contributed by atoms with E-state index in [2.05, 4.69) is 23.0 Å². The first kappa shape index (κ1) is 14.5. The molecule has 3 N–H and O–H groups in total. The number of nitrogens with one attached hydrogen (secondary N) is 1. The second kappa shape index (κ2) is 6.47. The molecule has 0 fully saturated rings. The third kappa shape index (κ3) is 3.77. The van der Waals surface area contributed by atoms with E-state index in [0.717, 1.165) is 11.3 Å². The van der Waals surface area contributed by atoms with Crippen molar-refractivity contribution in [1.29, 1.82) is 0 Å². The topological polar surface area (TPSA) is 81.0 Å². The predicted octanol–water partition coefficient (Wildman–Crippen LogP) is 2.14. The number of anilines is 1. The standard InChI is InChI=1S/C14H17N3O2S/c1-9-4-3-5-11(10(9)2)19-6-7-20-14-16-12(15)8-13(18)17-14/h3-5,8H,6-7H2,1-2H3,(H3,15,16,17,18). The Morgan fingerprint density at radius 2 is 2.20 bits per heavy atom. The van der Waals surface area contributed by atoms with Crippen LogP contribution in [0.25, 0.3) is 0 Å². The van der Waals surface area contributed by atoms with E-state index in [-0.39, 0.29) is 11.4 Å². The van der Waals surface area contributed by atoms with Gasteiger partial charge in [-0.25, -0.2) is 4.98 Å². The Morgan fingerprint density at radius 3 is 2.95 bits per heavy atom. The lowest BCUT2D eigenvalue weighted by molar-refractivity contribution is 0.341. The average Bonchev–Trinajstić information content (AvgIpc) is 2.38. The molecule has 0 aliphatic carbocycles. The molecule has 0 aliphatic rings. The van der Waals surface area contributed by atoms with Crippen LogP contribution in [0, 0.1) is 13.8 Å². The highest BCUT2D eigenvalue weighted by molar-refractivity contribution is 7.99. The van der Waals surface area contributed by atoms with Crippen molar-refractivity contribution in [2.75, 3.05) is 18.1 Å². The van der Waals surface area contributed by atoms with Gasteiger partial charge in [0, 0.05) is 11.8 Å². The number of aromatic amines is 1. The summed E-state index contributed by atoms with van der Waals surface area (Å²) in [5.41, 5.74) is 7.63. The van der Waals surface area contributed by atoms with Crippen molar-refractivity contribution in [3.05, 3.63) is 45.7 Å². The second-order valence-electron chi connectivity index (χ2n) is 4.37. The van der Waals surface area contributed by atoms with Crippen molar-refractivity contribution >= 4 is 17.6 Å². The number of benzene rings is 1. The molecule has 1 aromatic carbocycles. The van der Waals surface area contributed by atoms with Crippen LogP contribution in [0.4, 0.5) is 5.82 Å². The fraction of sp³-hybridized carbons (Fsp3) is 0.286. The molecule has 0 aliphatic heterocycles. The number of thioether (sulfide) groups is 1. The minimum Gasteiger partial charge on any atom is -0.492 e. The first-order valence-electron chi connectivity index (χ1n) is 6.25. The van der Waals surface area contributed by atoms with Gasteiger partial charge in [-0.15, -0.1) is 0 Å². The Bertz CT molecular complexity index is 655. The molecule has 2 rings (SSSR count). The number of hydrogen-bond donors (Lipinski definition) is 2. The van der Waals surface area contributed by atoms with Gasteiger partial charge in [-0.05, 0) is 31.0 Å². The van der Waals surface area contributed by atoms with E-state index in [1.54, 1.807) is 0 Å². The van der Waals surface area contributed by atoms with Crippen LogP contribution in [0.2, 0.25) is 0 Å². The lowest BCUT2D eigenvalue weighted by atomic mass is 10.1. The highest BCUT2D eigenvalue weighted by Gasteiger charge is 2.03. The van der Waals surface area contributed by atoms with Gasteiger partial charge in [-0.3, -0.25) is 4.79 Å². The molecule has 0 bridgehead atoms. The van der Waals surface area contributed by atoms with E-state index in [1.807, 2.05) is 19.1 Å². The molecular formula is C14H17N3O2S. The van der Waals surface area contributed by atoms with Gasteiger partial charge in [-0.1, -0.05) is 23.9 Å². The maximum atomic E-state index is 11.2. The molecule has 1 heterocycles. The molecular weight excluding hydrogens is 274 g/mol. The molecule has 0 atom stereocenters. The van der Waals surface area contributed by atoms with Crippen molar-refractivity contribution in [3.63, 3.8) is 0 Å². The zero-order chi connectivity index (χ0) is 14.5. The van der Waals surface area contributed by atoms with E-state index < -0.39 is 0 Å². The number of H-pyrrole nitrogens is 1. The first-order valence-corrected chi connectivity index (χ1v) is 7.23. The Labute approximate surface area is 121 Å². The van der Waals surface area contributed by atoms with Gasteiger partial charge in [-0.2, -0.15) is 0 Å².